The number of ether oxygens (including phenoxy) is 3. The van der Waals surface area contributed by atoms with Gasteiger partial charge in [0.05, 0.1) is 43.5 Å². The van der Waals surface area contributed by atoms with E-state index in [4.69, 9.17) is 49.0 Å². The van der Waals surface area contributed by atoms with Crippen molar-refractivity contribution >= 4 is 50.5 Å². The second-order valence-electron chi connectivity index (χ2n) is 10.1. The summed E-state index contributed by atoms with van der Waals surface area (Å²) in [5.41, 5.74) is 2.77. The lowest BCUT2D eigenvalue weighted by atomic mass is 10.0. The van der Waals surface area contributed by atoms with E-state index in [0.29, 0.717) is 80.5 Å². The zero-order valence-electron chi connectivity index (χ0n) is 22.5. The van der Waals surface area contributed by atoms with Crippen LogP contribution in [0.25, 0.3) is 0 Å². The third-order valence-corrected chi connectivity index (χ3v) is 10.0. The Morgan fingerprint density at radius 3 is 2.39 bits per heavy atom. The maximum Gasteiger partial charge on any atom is 0.215 e. The maximum atomic E-state index is 12.4. The first-order valence-corrected chi connectivity index (χ1v) is 16.4. The maximum absolute atomic E-state index is 12.4. The topological polar surface area (TPSA) is 86.1 Å². The van der Waals surface area contributed by atoms with Gasteiger partial charge in [-0.3, -0.25) is 0 Å². The number of hydrogen-bond acceptors (Lipinski definition) is 7. The summed E-state index contributed by atoms with van der Waals surface area (Å²) in [6, 6.07) is 13.4. The lowest BCUT2D eigenvalue weighted by Crippen LogP contribution is -2.49. The number of piperazine rings is 1. The molecule has 5 rings (SSSR count). The molecule has 0 aliphatic carbocycles. The van der Waals surface area contributed by atoms with Crippen molar-refractivity contribution in [3.05, 3.63) is 82.4 Å². The molecule has 222 valence electrons. The first-order valence-electron chi connectivity index (χ1n) is 13.5. The van der Waals surface area contributed by atoms with E-state index in [2.05, 4.69) is 9.88 Å². The summed E-state index contributed by atoms with van der Waals surface area (Å²) < 4.78 is 47.1. The van der Waals surface area contributed by atoms with Gasteiger partial charge in [-0.05, 0) is 36.2 Å². The van der Waals surface area contributed by atoms with Gasteiger partial charge in [0.2, 0.25) is 15.8 Å². The molecular formula is C28H33Cl3N4O5S. The average molecular weight is 644 g/mol. The summed E-state index contributed by atoms with van der Waals surface area (Å²) >= 11 is 18.3. The smallest absolute Gasteiger partial charge is 0.215 e. The van der Waals surface area contributed by atoms with Crippen LogP contribution in [-0.2, 0) is 43.2 Å². The molecule has 0 saturated carbocycles. The minimum atomic E-state index is -3.25. The molecule has 2 fully saturated rings. The van der Waals surface area contributed by atoms with E-state index in [1.807, 2.05) is 41.1 Å². The first-order chi connectivity index (χ1) is 19.8. The molecule has 2 aliphatic rings. The predicted molar refractivity (Wildman–Crippen MR) is 160 cm³/mol. The van der Waals surface area contributed by atoms with E-state index < -0.39 is 15.8 Å². The van der Waals surface area contributed by atoms with Gasteiger partial charge in [0, 0.05) is 60.7 Å². The van der Waals surface area contributed by atoms with Gasteiger partial charge in [-0.15, -0.1) is 11.6 Å². The van der Waals surface area contributed by atoms with Crippen LogP contribution in [0.3, 0.4) is 0 Å². The van der Waals surface area contributed by atoms with Crippen LogP contribution >= 0.6 is 34.8 Å². The zero-order valence-corrected chi connectivity index (χ0v) is 25.6. The summed E-state index contributed by atoms with van der Waals surface area (Å²) in [4.78, 5) is 6.32. The third-order valence-electron chi connectivity index (χ3n) is 7.25. The molecule has 1 aromatic heterocycles. The highest BCUT2D eigenvalue weighted by Gasteiger charge is 2.42. The van der Waals surface area contributed by atoms with Gasteiger partial charge in [0.25, 0.3) is 0 Å². The Bertz CT molecular complexity index is 1380. The Morgan fingerprint density at radius 2 is 1.76 bits per heavy atom. The molecule has 13 heteroatoms. The highest BCUT2D eigenvalue weighted by atomic mass is 35.5. The Labute approximate surface area is 255 Å². The van der Waals surface area contributed by atoms with Crippen LogP contribution in [0.4, 0.5) is 5.69 Å². The van der Waals surface area contributed by atoms with E-state index in [9.17, 15) is 8.42 Å². The number of anilines is 1. The van der Waals surface area contributed by atoms with E-state index in [1.54, 1.807) is 29.0 Å². The highest BCUT2D eigenvalue weighted by molar-refractivity contribution is 7.89. The van der Waals surface area contributed by atoms with E-state index in [0.717, 1.165) is 11.3 Å². The molecule has 3 heterocycles. The molecule has 9 nitrogen and oxygen atoms in total. The molecular weight excluding hydrogens is 611 g/mol. The molecule has 0 atom stereocenters. The van der Waals surface area contributed by atoms with E-state index in [-0.39, 0.29) is 11.9 Å². The number of alkyl halides is 1. The fourth-order valence-electron chi connectivity index (χ4n) is 5.00. The number of imidazole rings is 1. The lowest BCUT2D eigenvalue weighted by Gasteiger charge is -2.41. The predicted octanol–water partition coefficient (Wildman–Crippen LogP) is 4.76. The van der Waals surface area contributed by atoms with Gasteiger partial charge in [-0.25, -0.2) is 13.4 Å². The molecule has 2 aromatic carbocycles. The SMILES string of the molecule is O=S(=O)(CCCCl)N1CCN(c2ccc(COC3COC(Cn4ccnc4)(c4ccc(Cl)cc4Cl)OC3)cc2)CC1. The molecule has 3 aromatic rings. The van der Waals surface area contributed by atoms with Crippen LogP contribution in [0.15, 0.2) is 61.2 Å². The minimum absolute atomic E-state index is 0.0999. The van der Waals surface area contributed by atoms with Crippen molar-refractivity contribution in [2.45, 2.75) is 31.5 Å². The molecule has 2 saturated heterocycles. The number of nitrogens with zero attached hydrogens (tertiary/aromatic N) is 4. The van der Waals surface area contributed by atoms with Crippen molar-refractivity contribution in [1.29, 1.82) is 0 Å². The number of halogens is 3. The van der Waals surface area contributed by atoms with Crippen LogP contribution < -0.4 is 4.90 Å². The van der Waals surface area contributed by atoms with Crippen LogP contribution in [0.5, 0.6) is 0 Å². The second-order valence-corrected chi connectivity index (χ2v) is 13.4. The fourth-order valence-corrected chi connectivity index (χ4v) is 7.33. The van der Waals surface area contributed by atoms with Crippen molar-refractivity contribution in [3.63, 3.8) is 0 Å². The summed E-state index contributed by atoms with van der Waals surface area (Å²) in [5.74, 6) is -0.651. The van der Waals surface area contributed by atoms with Gasteiger partial charge in [0.1, 0.15) is 6.10 Å². The van der Waals surface area contributed by atoms with Crippen molar-refractivity contribution in [2.75, 3.05) is 55.9 Å². The summed E-state index contributed by atoms with van der Waals surface area (Å²) in [7, 11) is -3.25. The summed E-state index contributed by atoms with van der Waals surface area (Å²) in [6.45, 7) is 3.65. The van der Waals surface area contributed by atoms with Crippen molar-refractivity contribution in [2.24, 2.45) is 0 Å². The van der Waals surface area contributed by atoms with Gasteiger partial charge in [0.15, 0.2) is 0 Å². The molecule has 0 N–H and O–H groups in total. The molecule has 0 radical (unpaired) electrons. The van der Waals surface area contributed by atoms with E-state index >= 15 is 0 Å². The van der Waals surface area contributed by atoms with Crippen LogP contribution in [0, 0.1) is 0 Å². The molecule has 0 unspecified atom stereocenters. The largest absolute Gasteiger partial charge is 0.369 e. The quantitative estimate of drug-likeness (QED) is 0.279. The number of aromatic nitrogens is 2. The van der Waals surface area contributed by atoms with Crippen molar-refractivity contribution in [3.8, 4) is 0 Å². The van der Waals surface area contributed by atoms with Gasteiger partial charge in [-0.1, -0.05) is 41.4 Å². The van der Waals surface area contributed by atoms with Gasteiger partial charge < -0.3 is 23.7 Å². The zero-order chi connectivity index (χ0) is 28.9. The molecule has 0 bridgehead atoms. The Kier molecular flexibility index (Phi) is 10.1. The molecule has 2 aliphatic heterocycles. The molecule has 0 amide bonds. The van der Waals surface area contributed by atoms with Crippen LogP contribution in [-0.4, -0.2) is 79.4 Å². The summed E-state index contributed by atoms with van der Waals surface area (Å²) in [5, 5.41) is 0.999. The average Bonchev–Trinajstić information content (AvgIpc) is 3.49. The van der Waals surface area contributed by atoms with Gasteiger partial charge >= 0.3 is 0 Å². The Hall–Kier alpha value is -1.89. The molecule has 0 spiro atoms. The monoisotopic (exact) mass is 642 g/mol. The minimum Gasteiger partial charge on any atom is -0.369 e. The molecule has 41 heavy (non-hydrogen) atoms. The van der Waals surface area contributed by atoms with E-state index in [1.165, 1.54) is 0 Å². The Balaban J connectivity index is 1.14. The second kappa shape index (κ2) is 13.6. The lowest BCUT2D eigenvalue weighted by molar-refractivity contribution is -0.313. The summed E-state index contributed by atoms with van der Waals surface area (Å²) in [6.07, 6.45) is 5.46. The Morgan fingerprint density at radius 1 is 1.02 bits per heavy atom. The number of sulfonamides is 1. The third kappa shape index (κ3) is 7.55. The highest BCUT2D eigenvalue weighted by Crippen LogP contribution is 2.38. The first kappa shape index (κ1) is 30.6. The van der Waals surface area contributed by atoms with Crippen molar-refractivity contribution in [1.82, 2.24) is 13.9 Å². The number of benzene rings is 2. The normalized spacial score (nSPS) is 22.2. The number of rotatable bonds is 11. The van der Waals surface area contributed by atoms with Gasteiger partial charge in [-0.2, -0.15) is 4.31 Å². The standard InChI is InChI=1S/C28H33Cl3N4O5S/c29-8-1-15-41(36,37)35-13-11-34(12-14-35)24-5-2-22(3-6-24)17-38-25-18-39-28(40-19-25,20-33-10-9-32-21-33)26-7-4-23(30)16-27(26)31/h2-7,9-10,16,21,25H,1,8,11-15,17-20H2. The fraction of sp³-hybridized carbons (Fsp3) is 0.464. The van der Waals surface area contributed by atoms with Crippen LogP contribution in [0.1, 0.15) is 17.5 Å². The number of hydrogen-bond donors (Lipinski definition) is 0. The van der Waals surface area contributed by atoms with Crippen molar-refractivity contribution < 1.29 is 22.6 Å². The van der Waals surface area contributed by atoms with Crippen LogP contribution in [0.2, 0.25) is 10.0 Å².